The van der Waals surface area contributed by atoms with Crippen molar-refractivity contribution >= 4 is 45.6 Å². The fourth-order valence-electron chi connectivity index (χ4n) is 3.71. The Morgan fingerprint density at radius 2 is 1.47 bits per heavy atom. The molecule has 0 amide bonds. The van der Waals surface area contributed by atoms with E-state index in [1.54, 1.807) is 6.92 Å². The van der Waals surface area contributed by atoms with E-state index in [2.05, 4.69) is 10.8 Å². The standard InChI is InChI=1S/C25H19Cl2NO2/c1-16(14-24(29)30)19-6-11-23-20(15-19)12-13-28(23)25(17-2-7-21(26)8-3-17)18-4-9-22(27)10-5-18/h2-15,25H,1H3,(H,29,30). The normalized spacial score (nSPS) is 11.9. The lowest BCUT2D eigenvalue weighted by Crippen LogP contribution is -2.11. The molecule has 0 bridgehead atoms. The molecule has 150 valence electrons. The maximum Gasteiger partial charge on any atom is 0.328 e. The summed E-state index contributed by atoms with van der Waals surface area (Å²) in [6, 6.07) is 23.7. The van der Waals surface area contributed by atoms with Gasteiger partial charge in [0.1, 0.15) is 0 Å². The van der Waals surface area contributed by atoms with Crippen LogP contribution in [0.5, 0.6) is 0 Å². The van der Waals surface area contributed by atoms with Crippen LogP contribution in [0.2, 0.25) is 10.0 Å². The molecule has 0 aliphatic rings. The van der Waals surface area contributed by atoms with Gasteiger partial charge in [0.15, 0.2) is 0 Å². The van der Waals surface area contributed by atoms with Crippen molar-refractivity contribution in [3.63, 3.8) is 0 Å². The number of halogens is 2. The Bertz CT molecular complexity index is 1190. The van der Waals surface area contributed by atoms with Crippen LogP contribution in [0.3, 0.4) is 0 Å². The second kappa shape index (κ2) is 8.39. The van der Waals surface area contributed by atoms with Crippen molar-refractivity contribution in [3.8, 4) is 0 Å². The van der Waals surface area contributed by atoms with E-state index < -0.39 is 5.97 Å². The fraction of sp³-hybridized carbons (Fsp3) is 0.0800. The highest BCUT2D eigenvalue weighted by Crippen LogP contribution is 2.33. The quantitative estimate of drug-likeness (QED) is 0.340. The van der Waals surface area contributed by atoms with Gasteiger partial charge in [0.2, 0.25) is 0 Å². The molecule has 0 saturated heterocycles. The van der Waals surface area contributed by atoms with Crippen LogP contribution in [0.25, 0.3) is 16.5 Å². The number of hydrogen-bond acceptors (Lipinski definition) is 1. The summed E-state index contributed by atoms with van der Waals surface area (Å²) in [6.07, 6.45) is 3.28. The molecule has 0 atom stereocenters. The Morgan fingerprint density at radius 1 is 0.900 bits per heavy atom. The van der Waals surface area contributed by atoms with Gasteiger partial charge in [-0.25, -0.2) is 4.79 Å². The number of benzene rings is 3. The summed E-state index contributed by atoms with van der Waals surface area (Å²) in [6.45, 7) is 1.80. The number of hydrogen-bond donors (Lipinski definition) is 1. The molecule has 3 nitrogen and oxygen atoms in total. The first-order chi connectivity index (χ1) is 14.4. The van der Waals surface area contributed by atoms with Gasteiger partial charge in [0.25, 0.3) is 0 Å². The van der Waals surface area contributed by atoms with Crippen LogP contribution in [0.15, 0.2) is 85.1 Å². The monoisotopic (exact) mass is 435 g/mol. The fourth-order valence-corrected chi connectivity index (χ4v) is 3.96. The Labute approximate surface area is 184 Å². The van der Waals surface area contributed by atoms with Crippen molar-refractivity contribution in [2.75, 3.05) is 0 Å². The van der Waals surface area contributed by atoms with Gasteiger partial charge in [-0.2, -0.15) is 0 Å². The molecule has 0 saturated carbocycles. The number of aromatic nitrogens is 1. The largest absolute Gasteiger partial charge is 0.478 e. The predicted molar refractivity (Wildman–Crippen MR) is 123 cm³/mol. The molecule has 0 aliphatic heterocycles. The number of aliphatic carboxylic acids is 1. The summed E-state index contributed by atoms with van der Waals surface area (Å²) in [5.74, 6) is -0.948. The van der Waals surface area contributed by atoms with E-state index in [-0.39, 0.29) is 6.04 Å². The highest BCUT2D eigenvalue weighted by Gasteiger charge is 2.18. The molecule has 0 fully saturated rings. The zero-order chi connectivity index (χ0) is 21.3. The van der Waals surface area contributed by atoms with Gasteiger partial charge in [-0.15, -0.1) is 0 Å². The van der Waals surface area contributed by atoms with Crippen molar-refractivity contribution in [1.82, 2.24) is 4.57 Å². The van der Waals surface area contributed by atoms with Gasteiger partial charge < -0.3 is 9.67 Å². The molecule has 30 heavy (non-hydrogen) atoms. The van der Waals surface area contributed by atoms with E-state index in [9.17, 15) is 4.79 Å². The highest BCUT2D eigenvalue weighted by atomic mass is 35.5. The van der Waals surface area contributed by atoms with Crippen LogP contribution < -0.4 is 0 Å². The number of nitrogens with zero attached hydrogens (tertiary/aromatic N) is 1. The molecule has 4 rings (SSSR count). The van der Waals surface area contributed by atoms with Gasteiger partial charge >= 0.3 is 5.97 Å². The van der Waals surface area contributed by atoms with E-state index >= 15 is 0 Å². The molecule has 0 radical (unpaired) electrons. The third kappa shape index (κ3) is 4.13. The molecule has 0 aliphatic carbocycles. The van der Waals surface area contributed by atoms with Gasteiger partial charge in [-0.3, -0.25) is 0 Å². The van der Waals surface area contributed by atoms with E-state index in [0.717, 1.165) is 27.6 Å². The van der Waals surface area contributed by atoms with Crippen molar-refractivity contribution in [2.24, 2.45) is 0 Å². The second-order valence-electron chi connectivity index (χ2n) is 7.17. The lowest BCUT2D eigenvalue weighted by Gasteiger charge is -2.22. The summed E-state index contributed by atoms with van der Waals surface area (Å²) in [5.41, 5.74) is 4.86. The van der Waals surface area contributed by atoms with E-state index in [1.165, 1.54) is 6.08 Å². The molecule has 3 aromatic carbocycles. The van der Waals surface area contributed by atoms with Crippen LogP contribution in [-0.4, -0.2) is 15.6 Å². The van der Waals surface area contributed by atoms with Crippen molar-refractivity contribution in [2.45, 2.75) is 13.0 Å². The summed E-state index contributed by atoms with van der Waals surface area (Å²) in [7, 11) is 0. The lowest BCUT2D eigenvalue weighted by molar-refractivity contribution is -0.131. The Morgan fingerprint density at radius 3 is 2.00 bits per heavy atom. The van der Waals surface area contributed by atoms with Crippen LogP contribution in [0.1, 0.15) is 29.7 Å². The van der Waals surface area contributed by atoms with Crippen LogP contribution in [0, 0.1) is 0 Å². The third-order valence-corrected chi connectivity index (χ3v) is 5.67. The van der Waals surface area contributed by atoms with Crippen molar-refractivity contribution in [3.05, 3.63) is 112 Å². The summed E-state index contributed by atoms with van der Waals surface area (Å²) in [5, 5.41) is 11.4. The van der Waals surface area contributed by atoms with Gasteiger partial charge in [0, 0.05) is 33.2 Å². The molecule has 4 aromatic rings. The number of rotatable bonds is 5. The van der Waals surface area contributed by atoms with Crippen molar-refractivity contribution < 1.29 is 9.90 Å². The van der Waals surface area contributed by atoms with Crippen molar-refractivity contribution in [1.29, 1.82) is 0 Å². The molecular formula is C25H19Cl2NO2. The summed E-state index contributed by atoms with van der Waals surface area (Å²) < 4.78 is 2.21. The lowest BCUT2D eigenvalue weighted by atomic mass is 9.98. The zero-order valence-electron chi connectivity index (χ0n) is 16.2. The molecule has 1 aromatic heterocycles. The van der Waals surface area contributed by atoms with Crippen LogP contribution in [0.4, 0.5) is 0 Å². The third-order valence-electron chi connectivity index (χ3n) is 5.17. The Balaban J connectivity index is 1.85. The van der Waals surface area contributed by atoms with E-state index in [4.69, 9.17) is 28.3 Å². The van der Waals surface area contributed by atoms with E-state index in [1.807, 2.05) is 72.8 Å². The summed E-state index contributed by atoms with van der Waals surface area (Å²) in [4.78, 5) is 11.0. The second-order valence-corrected chi connectivity index (χ2v) is 8.04. The minimum Gasteiger partial charge on any atom is -0.478 e. The smallest absolute Gasteiger partial charge is 0.328 e. The number of carboxylic acids is 1. The minimum absolute atomic E-state index is 0.0569. The molecular weight excluding hydrogens is 417 g/mol. The number of carboxylic acid groups (broad SMARTS) is 1. The van der Waals surface area contributed by atoms with Crippen LogP contribution in [-0.2, 0) is 4.79 Å². The maximum absolute atomic E-state index is 11.0. The average Bonchev–Trinajstić information content (AvgIpc) is 3.13. The SMILES string of the molecule is CC(=CC(=O)O)c1ccc2c(ccn2C(c2ccc(Cl)cc2)c2ccc(Cl)cc2)c1. The Hall–Kier alpha value is -3.01. The average molecular weight is 436 g/mol. The number of allylic oxidation sites excluding steroid dienone is 1. The first kappa shape index (κ1) is 20.3. The number of fused-ring (bicyclic) bond motifs is 1. The van der Waals surface area contributed by atoms with Gasteiger partial charge in [-0.05, 0) is 71.7 Å². The zero-order valence-corrected chi connectivity index (χ0v) is 17.7. The topological polar surface area (TPSA) is 42.2 Å². The first-order valence-electron chi connectivity index (χ1n) is 9.45. The first-order valence-corrected chi connectivity index (χ1v) is 10.2. The van der Waals surface area contributed by atoms with E-state index in [0.29, 0.717) is 15.6 Å². The molecule has 0 spiro atoms. The maximum atomic E-state index is 11.0. The molecule has 1 heterocycles. The number of carbonyl (C=O) groups is 1. The van der Waals surface area contributed by atoms with Crippen LogP contribution >= 0.6 is 23.2 Å². The molecule has 1 N–H and O–H groups in total. The summed E-state index contributed by atoms with van der Waals surface area (Å²) >= 11 is 12.2. The predicted octanol–water partition coefficient (Wildman–Crippen LogP) is 7.07. The van der Waals surface area contributed by atoms with Gasteiger partial charge in [0.05, 0.1) is 6.04 Å². The molecule has 5 heteroatoms. The molecule has 0 unspecified atom stereocenters. The Kier molecular flexibility index (Phi) is 5.67. The highest BCUT2D eigenvalue weighted by molar-refractivity contribution is 6.30. The van der Waals surface area contributed by atoms with Gasteiger partial charge in [-0.1, -0.05) is 53.5 Å². The minimum atomic E-state index is -0.948.